The highest BCUT2D eigenvalue weighted by atomic mass is 32.2. The van der Waals surface area contributed by atoms with Crippen molar-refractivity contribution in [2.45, 2.75) is 6.92 Å². The fourth-order valence-electron chi connectivity index (χ4n) is 0.923. The third kappa shape index (κ3) is 5.76. The van der Waals surface area contributed by atoms with Gasteiger partial charge in [0.25, 0.3) is 0 Å². The van der Waals surface area contributed by atoms with Crippen LogP contribution >= 0.6 is 0 Å². The maximum absolute atomic E-state index is 9.59. The van der Waals surface area contributed by atoms with Gasteiger partial charge in [-0.05, 0) is 18.3 Å². The van der Waals surface area contributed by atoms with Gasteiger partial charge in [0.05, 0.1) is 14.2 Å². The summed E-state index contributed by atoms with van der Waals surface area (Å²) in [6.45, 7) is 1.36. The highest BCUT2D eigenvalue weighted by Crippen LogP contribution is 2.22. The molecule has 0 aromatic carbocycles. The van der Waals surface area contributed by atoms with Crippen molar-refractivity contribution in [1.29, 1.82) is 0 Å². The number of esters is 1. The van der Waals surface area contributed by atoms with Gasteiger partial charge >= 0.3 is 5.97 Å². The molecule has 0 saturated heterocycles. The second-order valence-corrected chi connectivity index (χ2v) is 3.93. The van der Waals surface area contributed by atoms with Gasteiger partial charge in [0.1, 0.15) is 5.75 Å². The molecule has 7 heteroatoms. The van der Waals surface area contributed by atoms with E-state index < -0.39 is 11.3 Å². The first kappa shape index (κ1) is 16.6. The lowest BCUT2D eigenvalue weighted by atomic mass is 10.1. The lowest BCUT2D eigenvalue weighted by Gasteiger charge is -2.08. The zero-order valence-electron chi connectivity index (χ0n) is 10.7. The van der Waals surface area contributed by atoms with Crippen LogP contribution < -0.4 is 9.46 Å². The fraction of sp³-hybridized carbons (Fsp3) is 0.364. The second-order valence-electron chi connectivity index (χ2n) is 3.05. The molecule has 2 rings (SSSR count). The average Bonchev–Trinajstić information content (AvgIpc) is 2.33. The molecule has 0 aromatic rings. The zero-order valence-corrected chi connectivity index (χ0v) is 11.5. The van der Waals surface area contributed by atoms with Crippen LogP contribution in [0.1, 0.15) is 6.92 Å². The van der Waals surface area contributed by atoms with E-state index in [4.69, 9.17) is 4.74 Å². The van der Waals surface area contributed by atoms with Crippen molar-refractivity contribution in [3.63, 3.8) is 0 Å². The molecule has 0 heterocycles. The molecule has 6 nitrogen and oxygen atoms in total. The van der Waals surface area contributed by atoms with Gasteiger partial charge < -0.3 is 14.0 Å². The average molecular weight is 274 g/mol. The van der Waals surface area contributed by atoms with Crippen LogP contribution in [0.2, 0.25) is 0 Å². The molecule has 1 unspecified atom stereocenters. The number of benzene rings is 1. The van der Waals surface area contributed by atoms with E-state index >= 15 is 0 Å². The number of carbonyl (C=O) groups excluding carboxylic acids is 1. The van der Waals surface area contributed by atoms with E-state index in [9.17, 15) is 13.6 Å². The smallest absolute Gasteiger partial charge is 0.302 e. The van der Waals surface area contributed by atoms with E-state index in [0.717, 1.165) is 5.75 Å². The van der Waals surface area contributed by atoms with E-state index in [2.05, 4.69) is 16.9 Å². The Morgan fingerprint density at radius 1 is 1.39 bits per heavy atom. The summed E-state index contributed by atoms with van der Waals surface area (Å²) >= 11 is -2.07. The van der Waals surface area contributed by atoms with Crippen LogP contribution in [0, 0.1) is 10.4 Å². The number of hydrogen-bond acceptors (Lipinski definition) is 5. The summed E-state index contributed by atoms with van der Waals surface area (Å²) in [5.41, 5.74) is 0. The van der Waals surface area contributed by atoms with Gasteiger partial charge in [-0.25, -0.2) is 0 Å². The number of rotatable bonds is 2. The van der Waals surface area contributed by atoms with Crippen molar-refractivity contribution in [3.8, 4) is 5.75 Å². The Labute approximate surface area is 108 Å². The first-order valence-electron chi connectivity index (χ1n) is 4.95. The predicted octanol–water partition coefficient (Wildman–Crippen LogP) is 0.475. The first-order chi connectivity index (χ1) is 8.46. The summed E-state index contributed by atoms with van der Waals surface area (Å²) in [6.07, 6.45) is 0. The Morgan fingerprint density at radius 3 is 1.94 bits per heavy atom. The maximum atomic E-state index is 9.59. The van der Waals surface area contributed by atoms with Crippen LogP contribution in [0.4, 0.5) is 0 Å². The third-order valence-electron chi connectivity index (χ3n) is 1.97. The molecule has 0 fully saturated rings. The summed E-state index contributed by atoms with van der Waals surface area (Å²) in [4.78, 5) is 9.59. The highest BCUT2D eigenvalue weighted by molar-refractivity contribution is 7.77. The van der Waals surface area contributed by atoms with Crippen molar-refractivity contribution in [3.05, 3.63) is 28.6 Å². The van der Waals surface area contributed by atoms with Crippen molar-refractivity contribution in [1.82, 2.24) is 4.72 Å². The molecule has 1 atom stereocenters. The molecule has 18 heavy (non-hydrogen) atoms. The fourth-order valence-corrected chi connectivity index (χ4v) is 0.923. The van der Waals surface area contributed by atoms with Gasteiger partial charge in [-0.2, -0.15) is 0 Å². The minimum Gasteiger partial charge on any atom is -0.760 e. The molecule has 1 N–H and O–H groups in total. The van der Waals surface area contributed by atoms with Gasteiger partial charge in [0, 0.05) is 23.4 Å². The Balaban J connectivity index is 0.000000258. The molecule has 102 valence electrons. The monoisotopic (exact) mass is 274 g/mol. The van der Waals surface area contributed by atoms with Crippen molar-refractivity contribution < 1.29 is 23.0 Å². The molecule has 0 bridgehead atoms. The molecular weight excluding hydrogens is 258 g/mol. The summed E-state index contributed by atoms with van der Waals surface area (Å²) in [5.74, 6) is 0.785. The van der Waals surface area contributed by atoms with E-state index in [0.29, 0.717) is 0 Å². The number of hydrogen-bond donors (Lipinski definition) is 1. The SMILES string of the molecule is CNS(=O)[O-].COC(C)=O.COc1cc2ccc1=2. The van der Waals surface area contributed by atoms with Crippen LogP contribution in [0.25, 0.3) is 0 Å². The molecule has 0 aliphatic heterocycles. The molecular formula is C11H16NO5S-. The quantitative estimate of drug-likeness (QED) is 0.635. The normalized spacial score (nSPS) is 10.9. The molecule has 2 aliphatic rings. The largest absolute Gasteiger partial charge is 0.760 e. The predicted molar refractivity (Wildman–Crippen MR) is 66.3 cm³/mol. The van der Waals surface area contributed by atoms with E-state index in [-0.39, 0.29) is 5.97 Å². The second kappa shape index (κ2) is 8.62. The van der Waals surface area contributed by atoms with Crippen LogP contribution in [-0.2, 0) is 20.8 Å². The first-order valence-corrected chi connectivity index (χ1v) is 6.03. The zero-order chi connectivity index (χ0) is 14.1. The number of methoxy groups -OCH3 is 2. The number of carbonyl (C=O) groups is 1. The molecule has 2 aliphatic carbocycles. The van der Waals surface area contributed by atoms with E-state index in [1.807, 2.05) is 10.8 Å². The van der Waals surface area contributed by atoms with Crippen molar-refractivity contribution in [2.75, 3.05) is 21.3 Å². The standard InChI is InChI=1S/C7H6O.C3H6O2.CH5NO2S/c1-8-7-4-5-2-3-6(5)7;1-3(4)5-2;1-2-5(3)4/h2-4H,1H3;1-2H3;2H,1H3,(H,3,4)/p-1. The van der Waals surface area contributed by atoms with Crippen molar-refractivity contribution >= 4 is 17.2 Å². The van der Waals surface area contributed by atoms with Gasteiger partial charge in [-0.15, -0.1) is 0 Å². The van der Waals surface area contributed by atoms with E-state index in [1.54, 1.807) is 7.11 Å². The lowest BCUT2D eigenvalue weighted by molar-refractivity contribution is -0.137. The van der Waals surface area contributed by atoms with E-state index in [1.165, 1.54) is 31.5 Å². The topological polar surface area (TPSA) is 87.7 Å². The number of nitrogens with one attached hydrogen (secondary N) is 1. The van der Waals surface area contributed by atoms with Crippen LogP contribution in [0.3, 0.4) is 0 Å². The lowest BCUT2D eigenvalue weighted by Crippen LogP contribution is -2.07. The van der Waals surface area contributed by atoms with Crippen LogP contribution in [0.15, 0.2) is 18.2 Å². The van der Waals surface area contributed by atoms with Crippen LogP contribution in [0.5, 0.6) is 5.75 Å². The maximum Gasteiger partial charge on any atom is 0.302 e. The Hall–Kier alpha value is -1.44. The van der Waals surface area contributed by atoms with Gasteiger partial charge in [-0.3, -0.25) is 13.7 Å². The minimum atomic E-state index is -2.07. The van der Waals surface area contributed by atoms with Gasteiger partial charge in [0.2, 0.25) is 0 Å². The Kier molecular flexibility index (Phi) is 7.93. The molecule has 0 spiro atoms. The molecule has 0 radical (unpaired) electrons. The summed E-state index contributed by atoms with van der Waals surface area (Å²) in [7, 11) is 4.38. The van der Waals surface area contributed by atoms with Crippen molar-refractivity contribution in [2.24, 2.45) is 0 Å². The van der Waals surface area contributed by atoms with Gasteiger partial charge in [-0.1, -0.05) is 12.1 Å². The van der Waals surface area contributed by atoms with Crippen LogP contribution in [-0.4, -0.2) is 36.0 Å². The Bertz CT molecular complexity index is 489. The summed E-state index contributed by atoms with van der Waals surface area (Å²) < 4.78 is 29.5. The molecule has 0 aromatic heterocycles. The van der Waals surface area contributed by atoms with Gasteiger partial charge in [0.15, 0.2) is 0 Å². The highest BCUT2D eigenvalue weighted by Gasteiger charge is 2.03. The molecule has 0 saturated carbocycles. The minimum absolute atomic E-state index is 0.245. The summed E-state index contributed by atoms with van der Waals surface area (Å²) in [5, 5.41) is 2.62. The Morgan fingerprint density at radius 2 is 1.89 bits per heavy atom. The third-order valence-corrected chi connectivity index (χ3v) is 2.30. The number of ether oxygens (including phenoxy) is 2. The molecule has 0 amide bonds. The summed E-state index contributed by atoms with van der Waals surface area (Å²) in [6, 6.07) is 6.18.